The number of benzene rings is 1. The zero-order valence-corrected chi connectivity index (χ0v) is 13.6. The molecule has 5 nitrogen and oxygen atoms in total. The standard InChI is InChI=1S/C15H22ClN3O2/c1-5-19(9(2)8-21-4)13-7-12-10(6-11(13)16)14(17-3)15(20)18-12/h6-7,9,14,17H,5,8H2,1-4H3,(H,18,20). The molecule has 0 aromatic heterocycles. The summed E-state index contributed by atoms with van der Waals surface area (Å²) in [5.74, 6) is -0.0475. The maximum absolute atomic E-state index is 11.9. The van der Waals surface area contributed by atoms with Gasteiger partial charge in [-0.15, -0.1) is 0 Å². The van der Waals surface area contributed by atoms with Crippen molar-refractivity contribution in [2.45, 2.75) is 25.9 Å². The molecule has 0 aliphatic carbocycles. The molecule has 1 heterocycles. The summed E-state index contributed by atoms with van der Waals surface area (Å²) in [7, 11) is 3.45. The monoisotopic (exact) mass is 311 g/mol. The number of fused-ring (bicyclic) bond motifs is 1. The molecule has 1 aromatic carbocycles. The van der Waals surface area contributed by atoms with E-state index in [4.69, 9.17) is 16.3 Å². The molecule has 21 heavy (non-hydrogen) atoms. The number of likely N-dealkylation sites (N-methyl/N-ethyl adjacent to an activating group) is 2. The van der Waals surface area contributed by atoms with Crippen LogP contribution in [0.2, 0.25) is 5.02 Å². The second-order valence-corrected chi connectivity index (χ2v) is 5.60. The van der Waals surface area contributed by atoms with Crippen LogP contribution < -0.4 is 15.5 Å². The lowest BCUT2D eigenvalue weighted by Gasteiger charge is -2.31. The van der Waals surface area contributed by atoms with Crippen LogP contribution in [0.1, 0.15) is 25.5 Å². The molecule has 0 saturated heterocycles. The summed E-state index contributed by atoms with van der Waals surface area (Å²) in [6.07, 6.45) is 0. The molecular weight excluding hydrogens is 290 g/mol. The third-order valence-corrected chi connectivity index (χ3v) is 4.13. The van der Waals surface area contributed by atoms with Crippen LogP contribution in [-0.2, 0) is 9.53 Å². The van der Waals surface area contributed by atoms with E-state index in [2.05, 4.69) is 29.4 Å². The third kappa shape index (κ3) is 3.00. The van der Waals surface area contributed by atoms with E-state index < -0.39 is 0 Å². The average Bonchev–Trinajstić information content (AvgIpc) is 2.74. The Bertz CT molecular complexity index is 536. The van der Waals surface area contributed by atoms with Crippen molar-refractivity contribution < 1.29 is 9.53 Å². The highest BCUT2D eigenvalue weighted by molar-refractivity contribution is 6.33. The molecule has 2 rings (SSSR count). The smallest absolute Gasteiger partial charge is 0.246 e. The molecule has 0 spiro atoms. The van der Waals surface area contributed by atoms with E-state index in [1.54, 1.807) is 14.2 Å². The van der Waals surface area contributed by atoms with Gasteiger partial charge in [0.2, 0.25) is 5.91 Å². The molecule has 6 heteroatoms. The lowest BCUT2D eigenvalue weighted by Crippen LogP contribution is -2.36. The number of amides is 1. The van der Waals surface area contributed by atoms with Crippen molar-refractivity contribution >= 4 is 28.9 Å². The van der Waals surface area contributed by atoms with E-state index >= 15 is 0 Å². The lowest BCUT2D eigenvalue weighted by molar-refractivity contribution is -0.117. The van der Waals surface area contributed by atoms with Crippen molar-refractivity contribution in [3.8, 4) is 0 Å². The Balaban J connectivity index is 2.39. The van der Waals surface area contributed by atoms with Crippen molar-refractivity contribution in [1.82, 2.24) is 5.32 Å². The van der Waals surface area contributed by atoms with Gasteiger partial charge in [0, 0.05) is 30.9 Å². The zero-order valence-electron chi connectivity index (χ0n) is 12.9. The molecule has 2 unspecified atom stereocenters. The number of ether oxygens (including phenoxy) is 1. The molecule has 0 bridgehead atoms. The number of hydrogen-bond donors (Lipinski definition) is 2. The highest BCUT2D eigenvalue weighted by Crippen LogP contribution is 2.39. The molecule has 0 saturated carbocycles. The number of anilines is 2. The molecule has 0 fully saturated rings. The minimum Gasteiger partial charge on any atom is -0.383 e. The number of halogens is 1. The maximum atomic E-state index is 11.9. The first-order chi connectivity index (χ1) is 10.0. The molecular formula is C15H22ClN3O2. The minimum absolute atomic E-state index is 0.0475. The van der Waals surface area contributed by atoms with Crippen LogP contribution in [0.4, 0.5) is 11.4 Å². The number of hydrogen-bond acceptors (Lipinski definition) is 4. The third-order valence-electron chi connectivity index (χ3n) is 3.83. The molecule has 1 aliphatic heterocycles. The molecule has 1 amide bonds. The Labute approximate surface area is 130 Å². The van der Waals surface area contributed by atoms with Gasteiger partial charge in [-0.2, -0.15) is 0 Å². The molecule has 0 radical (unpaired) electrons. The van der Waals surface area contributed by atoms with Crippen LogP contribution in [0.25, 0.3) is 0 Å². The van der Waals surface area contributed by atoms with E-state index in [-0.39, 0.29) is 18.0 Å². The fourth-order valence-electron chi connectivity index (χ4n) is 2.83. The number of nitrogens with one attached hydrogen (secondary N) is 2. The number of carbonyl (C=O) groups excluding carboxylic acids is 1. The predicted molar refractivity (Wildman–Crippen MR) is 86.2 cm³/mol. The second kappa shape index (κ2) is 6.64. The van der Waals surface area contributed by atoms with E-state index in [1.165, 1.54) is 0 Å². The van der Waals surface area contributed by atoms with Crippen LogP contribution in [-0.4, -0.2) is 39.3 Å². The van der Waals surface area contributed by atoms with Crippen molar-refractivity contribution in [2.24, 2.45) is 0 Å². The van der Waals surface area contributed by atoms with Gasteiger partial charge in [0.15, 0.2) is 0 Å². The topological polar surface area (TPSA) is 53.6 Å². The van der Waals surface area contributed by atoms with Crippen LogP contribution in [0.5, 0.6) is 0 Å². The van der Waals surface area contributed by atoms with Gasteiger partial charge in [-0.25, -0.2) is 0 Å². The largest absolute Gasteiger partial charge is 0.383 e. The van der Waals surface area contributed by atoms with Crippen molar-refractivity contribution in [2.75, 3.05) is 37.5 Å². The predicted octanol–water partition coefficient (Wildman–Crippen LogP) is 2.41. The van der Waals surface area contributed by atoms with Gasteiger partial charge >= 0.3 is 0 Å². The first kappa shape index (κ1) is 16.1. The normalized spacial score (nSPS) is 18.3. The summed E-state index contributed by atoms with van der Waals surface area (Å²) < 4.78 is 5.23. The summed E-state index contributed by atoms with van der Waals surface area (Å²) in [5.41, 5.74) is 2.63. The number of methoxy groups -OCH3 is 1. The summed E-state index contributed by atoms with van der Waals surface area (Å²) in [6, 6.07) is 3.68. The average molecular weight is 312 g/mol. The van der Waals surface area contributed by atoms with Crippen molar-refractivity contribution in [1.29, 1.82) is 0 Å². The molecule has 1 aliphatic rings. The number of rotatable bonds is 6. The first-order valence-corrected chi connectivity index (χ1v) is 7.48. The Kier molecular flexibility index (Phi) is 5.08. The van der Waals surface area contributed by atoms with E-state index in [9.17, 15) is 4.79 Å². The second-order valence-electron chi connectivity index (χ2n) is 5.19. The van der Waals surface area contributed by atoms with Gasteiger partial charge in [0.1, 0.15) is 6.04 Å². The Morgan fingerprint density at radius 1 is 1.52 bits per heavy atom. The quantitative estimate of drug-likeness (QED) is 0.847. The highest BCUT2D eigenvalue weighted by atomic mass is 35.5. The van der Waals surface area contributed by atoms with Gasteiger partial charge in [-0.3, -0.25) is 4.79 Å². The first-order valence-electron chi connectivity index (χ1n) is 7.10. The summed E-state index contributed by atoms with van der Waals surface area (Å²) in [5, 5.41) is 6.54. The van der Waals surface area contributed by atoms with Crippen molar-refractivity contribution in [3.05, 3.63) is 22.7 Å². The minimum atomic E-state index is -0.335. The Hall–Kier alpha value is -1.30. The summed E-state index contributed by atoms with van der Waals surface area (Å²) in [4.78, 5) is 14.1. The van der Waals surface area contributed by atoms with Gasteiger partial charge in [-0.05, 0) is 33.0 Å². The highest BCUT2D eigenvalue weighted by Gasteiger charge is 2.31. The lowest BCUT2D eigenvalue weighted by atomic mass is 10.1. The van der Waals surface area contributed by atoms with Gasteiger partial charge < -0.3 is 20.3 Å². The molecule has 116 valence electrons. The summed E-state index contributed by atoms with van der Waals surface area (Å²) >= 11 is 6.45. The molecule has 2 N–H and O–H groups in total. The van der Waals surface area contributed by atoms with Crippen LogP contribution in [0, 0.1) is 0 Å². The van der Waals surface area contributed by atoms with Gasteiger partial charge in [0.25, 0.3) is 0 Å². The van der Waals surface area contributed by atoms with Crippen LogP contribution in [0.3, 0.4) is 0 Å². The maximum Gasteiger partial charge on any atom is 0.246 e. The van der Waals surface area contributed by atoms with Crippen LogP contribution in [0.15, 0.2) is 12.1 Å². The Morgan fingerprint density at radius 2 is 2.24 bits per heavy atom. The molecule has 2 atom stereocenters. The SMILES string of the molecule is CCN(c1cc2c(cc1Cl)C(NC)C(=O)N2)C(C)COC. The van der Waals surface area contributed by atoms with E-state index in [0.29, 0.717) is 11.6 Å². The van der Waals surface area contributed by atoms with Gasteiger partial charge in [-0.1, -0.05) is 11.6 Å². The number of carbonyl (C=O) groups is 1. The van der Waals surface area contributed by atoms with E-state index in [0.717, 1.165) is 23.5 Å². The summed E-state index contributed by atoms with van der Waals surface area (Å²) in [6.45, 7) is 5.59. The van der Waals surface area contributed by atoms with E-state index in [1.807, 2.05) is 12.1 Å². The van der Waals surface area contributed by atoms with Gasteiger partial charge in [0.05, 0.1) is 17.3 Å². The fourth-order valence-corrected chi connectivity index (χ4v) is 3.11. The number of nitrogens with zero attached hydrogens (tertiary/aromatic N) is 1. The fraction of sp³-hybridized carbons (Fsp3) is 0.533. The Morgan fingerprint density at radius 3 is 2.81 bits per heavy atom. The molecule has 1 aromatic rings. The van der Waals surface area contributed by atoms with Crippen LogP contribution >= 0.6 is 11.6 Å². The zero-order chi connectivity index (χ0) is 15.6. The van der Waals surface area contributed by atoms with Crippen molar-refractivity contribution in [3.63, 3.8) is 0 Å².